The Kier molecular flexibility index (Phi) is 3.29. The van der Waals surface area contributed by atoms with Crippen molar-refractivity contribution in [3.05, 3.63) is 23.9 Å². The highest BCUT2D eigenvalue weighted by atomic mass is 127. The molecule has 0 spiro atoms. The third-order valence-corrected chi connectivity index (χ3v) is 3.25. The third-order valence-electron chi connectivity index (χ3n) is 2.42. The van der Waals surface area contributed by atoms with Crippen molar-refractivity contribution in [2.24, 2.45) is 0 Å². The molecule has 0 radical (unpaired) electrons. The van der Waals surface area contributed by atoms with E-state index in [9.17, 15) is 9.90 Å². The molecule has 2 rings (SSSR count). The summed E-state index contributed by atoms with van der Waals surface area (Å²) in [5, 5.41) is 9.83. The number of amides is 2. The largest absolute Gasteiger partial charge is 0.371 e. The molecule has 0 bridgehead atoms. The molecule has 1 atom stereocenters. The number of aryl methyl sites for hydroxylation is 1. The van der Waals surface area contributed by atoms with Crippen LogP contribution in [0.15, 0.2) is 18.2 Å². The molecule has 86 valence electrons. The first-order chi connectivity index (χ1) is 7.63. The highest BCUT2D eigenvalue weighted by Gasteiger charge is 2.37. The van der Waals surface area contributed by atoms with Gasteiger partial charge in [0.25, 0.3) is 0 Å². The highest BCUT2D eigenvalue weighted by Crippen LogP contribution is 2.22. The second-order valence-electron chi connectivity index (χ2n) is 3.61. The Balaban J connectivity index is 2.31. The molecule has 1 aromatic heterocycles. The van der Waals surface area contributed by atoms with Crippen LogP contribution in [0.3, 0.4) is 0 Å². The molecular formula is C10H12IN3O2. The van der Waals surface area contributed by atoms with E-state index in [1.165, 1.54) is 4.90 Å². The molecule has 0 saturated carbocycles. The van der Waals surface area contributed by atoms with Crippen molar-refractivity contribution in [1.29, 1.82) is 0 Å². The van der Waals surface area contributed by atoms with Crippen molar-refractivity contribution in [2.75, 3.05) is 16.0 Å². The number of aliphatic hydroxyl groups excluding tert-OH is 1. The van der Waals surface area contributed by atoms with Gasteiger partial charge in [0, 0.05) is 5.69 Å². The average molecular weight is 333 g/mol. The summed E-state index contributed by atoms with van der Waals surface area (Å²) in [5.74, 6) is 0.504. The van der Waals surface area contributed by atoms with Crippen LogP contribution in [0.5, 0.6) is 0 Å². The topological polar surface area (TPSA) is 56.7 Å². The van der Waals surface area contributed by atoms with E-state index in [1.54, 1.807) is 11.0 Å². The van der Waals surface area contributed by atoms with Crippen LogP contribution < -0.4 is 4.90 Å². The lowest BCUT2D eigenvalue weighted by atomic mass is 10.3. The lowest BCUT2D eigenvalue weighted by Crippen LogP contribution is -2.35. The van der Waals surface area contributed by atoms with E-state index in [2.05, 4.69) is 27.6 Å². The average Bonchev–Trinajstić information content (AvgIpc) is 2.53. The number of hydrogen-bond acceptors (Lipinski definition) is 3. The second-order valence-corrected chi connectivity index (χ2v) is 4.29. The summed E-state index contributed by atoms with van der Waals surface area (Å²) in [5.41, 5.74) is 0.824. The third kappa shape index (κ3) is 1.99. The molecule has 2 amide bonds. The van der Waals surface area contributed by atoms with Gasteiger partial charge in [-0.3, -0.25) is 0 Å². The van der Waals surface area contributed by atoms with Crippen LogP contribution in [0.25, 0.3) is 0 Å². The molecule has 1 unspecified atom stereocenters. The van der Waals surface area contributed by atoms with Crippen molar-refractivity contribution in [1.82, 2.24) is 9.88 Å². The minimum Gasteiger partial charge on any atom is -0.371 e. The number of aliphatic hydroxyl groups is 1. The summed E-state index contributed by atoms with van der Waals surface area (Å²) in [4.78, 5) is 19.1. The van der Waals surface area contributed by atoms with E-state index in [0.717, 1.165) is 5.69 Å². The predicted octanol–water partition coefficient (Wildman–Crippen LogP) is 1.34. The van der Waals surface area contributed by atoms with Crippen LogP contribution in [-0.4, -0.2) is 38.3 Å². The minimum atomic E-state index is -0.809. The van der Waals surface area contributed by atoms with E-state index in [1.807, 2.05) is 19.1 Å². The van der Waals surface area contributed by atoms with Crippen LogP contribution in [0, 0.1) is 6.92 Å². The molecule has 0 aromatic carbocycles. The molecule has 6 heteroatoms. The first-order valence-electron chi connectivity index (χ1n) is 4.89. The molecule has 1 fully saturated rings. The Morgan fingerprint density at radius 2 is 2.38 bits per heavy atom. The maximum absolute atomic E-state index is 11.9. The van der Waals surface area contributed by atoms with E-state index >= 15 is 0 Å². The number of carbonyl (C=O) groups excluding carboxylic acids is 1. The number of halogens is 1. The van der Waals surface area contributed by atoms with Gasteiger partial charge in [-0.15, -0.1) is 0 Å². The quantitative estimate of drug-likeness (QED) is 0.505. The summed E-state index contributed by atoms with van der Waals surface area (Å²) >= 11 is 2.10. The fraction of sp³-hybridized carbons (Fsp3) is 0.400. The van der Waals surface area contributed by atoms with Crippen LogP contribution in [0.1, 0.15) is 5.69 Å². The van der Waals surface area contributed by atoms with Crippen molar-refractivity contribution in [3.63, 3.8) is 0 Å². The lowest BCUT2D eigenvalue weighted by molar-refractivity contribution is 0.182. The van der Waals surface area contributed by atoms with Gasteiger partial charge in [-0.05, 0) is 19.1 Å². The number of β-amino-alcohol motifs (C(OH)–C–C–N with tert-alkyl or cyclic N) is 1. The second kappa shape index (κ2) is 4.54. The first-order valence-corrected chi connectivity index (χ1v) is 6.42. The van der Waals surface area contributed by atoms with Gasteiger partial charge in [0.1, 0.15) is 5.82 Å². The maximum atomic E-state index is 11.9. The number of rotatable bonds is 2. The van der Waals surface area contributed by atoms with Gasteiger partial charge in [-0.1, -0.05) is 28.7 Å². The summed E-state index contributed by atoms with van der Waals surface area (Å²) in [7, 11) is 0. The zero-order valence-corrected chi connectivity index (χ0v) is 11.0. The standard InChI is InChI=1S/C10H12IN3O2/c1-7-3-2-4-8(12-7)14-9(15)5-13(6-11)10(14)16/h2-4,9,15H,5-6H2,1H3. The number of aromatic nitrogens is 1. The first kappa shape index (κ1) is 11.6. The summed E-state index contributed by atoms with van der Waals surface area (Å²) in [6, 6.07) is 5.21. The number of alkyl halides is 1. The number of pyridine rings is 1. The van der Waals surface area contributed by atoms with Crippen LogP contribution in [0.2, 0.25) is 0 Å². The maximum Gasteiger partial charge on any atom is 0.328 e. The smallest absolute Gasteiger partial charge is 0.328 e. The minimum absolute atomic E-state index is 0.194. The number of urea groups is 1. The predicted molar refractivity (Wildman–Crippen MR) is 68.4 cm³/mol. The Morgan fingerprint density at radius 1 is 1.62 bits per heavy atom. The van der Waals surface area contributed by atoms with Gasteiger partial charge in [0.2, 0.25) is 0 Å². The molecule has 1 aliphatic rings. The molecule has 2 heterocycles. The van der Waals surface area contributed by atoms with Crippen LogP contribution in [0.4, 0.5) is 10.6 Å². The van der Waals surface area contributed by atoms with Gasteiger partial charge < -0.3 is 10.0 Å². The van der Waals surface area contributed by atoms with Crippen LogP contribution in [-0.2, 0) is 0 Å². The number of carbonyl (C=O) groups is 1. The Hall–Kier alpha value is -0.890. The Labute approximate surface area is 107 Å². The van der Waals surface area contributed by atoms with Crippen molar-refractivity contribution in [2.45, 2.75) is 13.2 Å². The monoisotopic (exact) mass is 333 g/mol. The van der Waals surface area contributed by atoms with Gasteiger partial charge in [-0.25, -0.2) is 14.7 Å². The van der Waals surface area contributed by atoms with Crippen molar-refractivity contribution in [3.8, 4) is 0 Å². The summed E-state index contributed by atoms with van der Waals surface area (Å²) in [6.07, 6.45) is -0.809. The van der Waals surface area contributed by atoms with Crippen molar-refractivity contribution < 1.29 is 9.90 Å². The van der Waals surface area contributed by atoms with Gasteiger partial charge >= 0.3 is 6.03 Å². The van der Waals surface area contributed by atoms with E-state index in [0.29, 0.717) is 16.9 Å². The fourth-order valence-electron chi connectivity index (χ4n) is 1.65. The van der Waals surface area contributed by atoms with E-state index < -0.39 is 6.23 Å². The van der Waals surface area contributed by atoms with Gasteiger partial charge in [0.05, 0.1) is 11.1 Å². The normalized spacial score (nSPS) is 20.7. The molecule has 1 N–H and O–H groups in total. The molecule has 1 saturated heterocycles. The number of nitrogens with zero attached hydrogens (tertiary/aromatic N) is 3. The Bertz CT molecular complexity index is 413. The van der Waals surface area contributed by atoms with E-state index in [4.69, 9.17) is 0 Å². The molecule has 1 aliphatic heterocycles. The Morgan fingerprint density at radius 3 is 2.94 bits per heavy atom. The summed E-state index contributed by atoms with van der Waals surface area (Å²) in [6.45, 7) is 2.18. The zero-order valence-electron chi connectivity index (χ0n) is 8.80. The SMILES string of the molecule is Cc1cccc(N2C(=O)N(CI)CC2O)n1. The van der Waals surface area contributed by atoms with Gasteiger partial charge in [-0.2, -0.15) is 0 Å². The molecule has 16 heavy (non-hydrogen) atoms. The number of anilines is 1. The number of hydrogen-bond donors (Lipinski definition) is 1. The van der Waals surface area contributed by atoms with E-state index in [-0.39, 0.29) is 6.03 Å². The molecular weight excluding hydrogens is 321 g/mol. The van der Waals surface area contributed by atoms with Gasteiger partial charge in [0.15, 0.2) is 6.23 Å². The zero-order chi connectivity index (χ0) is 11.7. The van der Waals surface area contributed by atoms with Crippen molar-refractivity contribution >= 4 is 34.4 Å². The highest BCUT2D eigenvalue weighted by molar-refractivity contribution is 14.1. The van der Waals surface area contributed by atoms with Crippen LogP contribution >= 0.6 is 22.6 Å². The molecule has 0 aliphatic carbocycles. The fourth-order valence-corrected chi connectivity index (χ4v) is 2.22. The summed E-state index contributed by atoms with van der Waals surface area (Å²) < 4.78 is 0.565. The molecule has 5 nitrogen and oxygen atoms in total. The molecule has 1 aromatic rings. The lowest BCUT2D eigenvalue weighted by Gasteiger charge is -2.18.